The lowest BCUT2D eigenvalue weighted by Gasteiger charge is -2.09. The number of hydrogen-bond donors (Lipinski definition) is 1. The summed E-state index contributed by atoms with van der Waals surface area (Å²) in [5.74, 6) is -0.488. The minimum Gasteiger partial charge on any atom is -0.309 e. The number of sulfone groups is 1. The molecule has 1 unspecified atom stereocenters. The fourth-order valence-electron chi connectivity index (χ4n) is 0.824. The van der Waals surface area contributed by atoms with Crippen molar-refractivity contribution in [1.29, 1.82) is 0 Å². The van der Waals surface area contributed by atoms with Crippen molar-refractivity contribution in [1.82, 2.24) is 9.97 Å². The number of carbonyl (C=O) groups excluding carboxylic acids is 1. The van der Waals surface area contributed by atoms with Crippen molar-refractivity contribution in [3.8, 4) is 0 Å². The summed E-state index contributed by atoms with van der Waals surface area (Å²) >= 11 is 5.58. The standard InChI is InChI=1S/C8H10ClN3O3S/c1-5(16(2,14)15)8(13)12-7-3-6(9)10-4-11-7/h3-5H,1-2H3,(H,10,11,12,13). The summed E-state index contributed by atoms with van der Waals surface area (Å²) in [6.07, 6.45) is 2.16. The molecule has 1 aromatic heterocycles. The van der Waals surface area contributed by atoms with Crippen LogP contribution in [0.3, 0.4) is 0 Å². The van der Waals surface area contributed by atoms with E-state index in [0.717, 1.165) is 6.26 Å². The normalized spacial score (nSPS) is 13.2. The molecular weight excluding hydrogens is 254 g/mol. The molecule has 0 radical (unpaired) electrons. The molecule has 0 saturated heterocycles. The van der Waals surface area contributed by atoms with Crippen LogP contribution in [0.15, 0.2) is 12.4 Å². The first-order valence-electron chi connectivity index (χ1n) is 4.28. The molecule has 0 aliphatic rings. The third-order valence-electron chi connectivity index (χ3n) is 1.90. The van der Waals surface area contributed by atoms with Crippen molar-refractivity contribution >= 4 is 33.2 Å². The van der Waals surface area contributed by atoms with Gasteiger partial charge in [-0.3, -0.25) is 4.79 Å². The summed E-state index contributed by atoms with van der Waals surface area (Å²) in [7, 11) is -3.42. The highest BCUT2D eigenvalue weighted by atomic mass is 35.5. The van der Waals surface area contributed by atoms with E-state index in [0.29, 0.717) is 0 Å². The van der Waals surface area contributed by atoms with E-state index in [9.17, 15) is 13.2 Å². The third kappa shape index (κ3) is 3.42. The number of nitrogens with one attached hydrogen (secondary N) is 1. The van der Waals surface area contributed by atoms with Crippen LogP contribution in [0.1, 0.15) is 6.92 Å². The molecule has 8 heteroatoms. The molecule has 1 heterocycles. The predicted molar refractivity (Wildman–Crippen MR) is 60.0 cm³/mol. The SMILES string of the molecule is CC(C(=O)Nc1cc(Cl)ncn1)S(C)(=O)=O. The highest BCUT2D eigenvalue weighted by molar-refractivity contribution is 7.92. The summed E-state index contributed by atoms with van der Waals surface area (Å²) in [6, 6.07) is 1.33. The molecule has 16 heavy (non-hydrogen) atoms. The second-order valence-corrected chi connectivity index (χ2v) is 5.94. The minimum atomic E-state index is -3.42. The summed E-state index contributed by atoms with van der Waals surface area (Å²) in [5.41, 5.74) is 0. The lowest BCUT2D eigenvalue weighted by atomic mass is 10.4. The molecule has 1 N–H and O–H groups in total. The minimum absolute atomic E-state index is 0.164. The Morgan fingerprint density at radius 3 is 2.62 bits per heavy atom. The van der Waals surface area contributed by atoms with Gasteiger partial charge in [0.15, 0.2) is 9.84 Å². The fraction of sp³-hybridized carbons (Fsp3) is 0.375. The summed E-state index contributed by atoms with van der Waals surface area (Å²) in [6.45, 7) is 1.30. The third-order valence-corrected chi connectivity index (χ3v) is 3.60. The van der Waals surface area contributed by atoms with E-state index in [2.05, 4.69) is 15.3 Å². The van der Waals surface area contributed by atoms with Gasteiger partial charge in [0.1, 0.15) is 22.5 Å². The fourth-order valence-corrected chi connectivity index (χ4v) is 1.42. The van der Waals surface area contributed by atoms with Gasteiger partial charge in [-0.2, -0.15) is 0 Å². The number of carbonyl (C=O) groups is 1. The zero-order valence-corrected chi connectivity index (χ0v) is 10.2. The van der Waals surface area contributed by atoms with Crippen molar-refractivity contribution in [2.75, 3.05) is 11.6 Å². The molecule has 0 spiro atoms. The van der Waals surface area contributed by atoms with Gasteiger partial charge in [0.25, 0.3) is 0 Å². The molecule has 6 nitrogen and oxygen atoms in total. The summed E-state index contributed by atoms with van der Waals surface area (Å²) in [5, 5.41) is 1.36. The van der Waals surface area contributed by atoms with Crippen LogP contribution in [-0.4, -0.2) is 35.8 Å². The first-order valence-corrected chi connectivity index (χ1v) is 6.61. The molecule has 0 fully saturated rings. The lowest BCUT2D eigenvalue weighted by molar-refractivity contribution is -0.115. The Bertz CT molecular complexity index is 503. The Hall–Kier alpha value is -1.21. The molecule has 0 bridgehead atoms. The first kappa shape index (κ1) is 12.9. The van der Waals surface area contributed by atoms with Gasteiger partial charge in [-0.25, -0.2) is 18.4 Å². The number of aromatic nitrogens is 2. The Kier molecular flexibility index (Phi) is 3.82. The molecule has 0 aliphatic carbocycles. The maximum Gasteiger partial charge on any atom is 0.243 e. The Morgan fingerprint density at radius 1 is 1.50 bits per heavy atom. The second-order valence-electron chi connectivity index (χ2n) is 3.19. The van der Waals surface area contributed by atoms with E-state index in [1.807, 2.05) is 0 Å². The van der Waals surface area contributed by atoms with Crippen LogP contribution >= 0.6 is 11.6 Å². The summed E-state index contributed by atoms with van der Waals surface area (Å²) < 4.78 is 22.2. The van der Waals surface area contributed by atoms with Crippen molar-refractivity contribution in [2.45, 2.75) is 12.2 Å². The number of nitrogens with zero attached hydrogens (tertiary/aromatic N) is 2. The van der Waals surface area contributed by atoms with E-state index in [1.54, 1.807) is 0 Å². The van der Waals surface area contributed by atoms with Gasteiger partial charge in [0.2, 0.25) is 5.91 Å². The van der Waals surface area contributed by atoms with Gasteiger partial charge in [-0.05, 0) is 6.92 Å². The maximum atomic E-state index is 11.5. The monoisotopic (exact) mass is 263 g/mol. The van der Waals surface area contributed by atoms with Crippen LogP contribution in [0.4, 0.5) is 5.82 Å². The molecule has 1 atom stereocenters. The van der Waals surface area contributed by atoms with Gasteiger partial charge < -0.3 is 5.32 Å². The van der Waals surface area contributed by atoms with Crippen LogP contribution < -0.4 is 5.32 Å². The van der Waals surface area contributed by atoms with Crippen LogP contribution in [-0.2, 0) is 14.6 Å². The lowest BCUT2D eigenvalue weighted by Crippen LogP contribution is -2.32. The average Bonchev–Trinajstić information content (AvgIpc) is 2.15. The largest absolute Gasteiger partial charge is 0.309 e. The molecular formula is C8H10ClN3O3S. The molecule has 1 rings (SSSR count). The summed E-state index contributed by atoms with van der Waals surface area (Å²) in [4.78, 5) is 18.8. The van der Waals surface area contributed by atoms with Crippen LogP contribution in [0.25, 0.3) is 0 Å². The van der Waals surface area contributed by atoms with Crippen molar-refractivity contribution < 1.29 is 13.2 Å². The quantitative estimate of drug-likeness (QED) is 0.802. The van der Waals surface area contributed by atoms with Gasteiger partial charge >= 0.3 is 0 Å². The van der Waals surface area contributed by atoms with Gasteiger partial charge in [0, 0.05) is 12.3 Å². The number of rotatable bonds is 3. The Labute approximate surface area is 98.0 Å². The Morgan fingerprint density at radius 2 is 2.12 bits per heavy atom. The van der Waals surface area contributed by atoms with Crippen LogP contribution in [0.5, 0.6) is 0 Å². The number of hydrogen-bond acceptors (Lipinski definition) is 5. The van der Waals surface area contributed by atoms with E-state index in [-0.39, 0.29) is 11.0 Å². The van der Waals surface area contributed by atoms with E-state index < -0.39 is 21.0 Å². The number of amides is 1. The molecule has 0 saturated carbocycles. The highest BCUT2D eigenvalue weighted by Gasteiger charge is 2.23. The van der Waals surface area contributed by atoms with Gasteiger partial charge in [-0.1, -0.05) is 11.6 Å². The maximum absolute atomic E-state index is 11.5. The van der Waals surface area contributed by atoms with Crippen molar-refractivity contribution in [3.05, 3.63) is 17.5 Å². The van der Waals surface area contributed by atoms with E-state index in [4.69, 9.17) is 11.6 Å². The molecule has 88 valence electrons. The van der Waals surface area contributed by atoms with E-state index >= 15 is 0 Å². The zero-order chi connectivity index (χ0) is 12.3. The smallest absolute Gasteiger partial charge is 0.243 e. The molecule has 0 aromatic carbocycles. The molecule has 0 aliphatic heterocycles. The van der Waals surface area contributed by atoms with Crippen molar-refractivity contribution in [2.24, 2.45) is 0 Å². The Balaban J connectivity index is 2.80. The molecule has 1 amide bonds. The topological polar surface area (TPSA) is 89.0 Å². The van der Waals surface area contributed by atoms with Gasteiger partial charge in [-0.15, -0.1) is 0 Å². The van der Waals surface area contributed by atoms with Crippen LogP contribution in [0.2, 0.25) is 5.15 Å². The average molecular weight is 264 g/mol. The molecule has 1 aromatic rings. The highest BCUT2D eigenvalue weighted by Crippen LogP contribution is 2.10. The van der Waals surface area contributed by atoms with E-state index in [1.165, 1.54) is 19.3 Å². The van der Waals surface area contributed by atoms with Crippen molar-refractivity contribution in [3.63, 3.8) is 0 Å². The number of anilines is 1. The first-order chi connectivity index (χ1) is 7.30. The van der Waals surface area contributed by atoms with Gasteiger partial charge in [0.05, 0.1) is 0 Å². The predicted octanol–water partition coefficient (Wildman–Crippen LogP) is 0.502. The van der Waals surface area contributed by atoms with Crippen LogP contribution in [0, 0.1) is 0 Å². The zero-order valence-electron chi connectivity index (χ0n) is 8.64. The second kappa shape index (κ2) is 4.75. The number of halogens is 1.